The molecule has 5 heteroatoms. The minimum atomic E-state index is 0.115. The van der Waals surface area contributed by atoms with E-state index in [2.05, 4.69) is 137 Å². The van der Waals surface area contributed by atoms with Crippen LogP contribution in [0.1, 0.15) is 47.4 Å². The molecule has 40 heavy (non-hydrogen) atoms. The Balaban J connectivity index is 1.23. The molecule has 2 atom stereocenters. The Bertz CT molecular complexity index is 1530. The van der Waals surface area contributed by atoms with Gasteiger partial charge in [-0.15, -0.1) is 0 Å². The lowest BCUT2D eigenvalue weighted by atomic mass is 9.99. The van der Waals surface area contributed by atoms with Crippen molar-refractivity contribution in [3.05, 3.63) is 162 Å². The van der Waals surface area contributed by atoms with Gasteiger partial charge in [0.05, 0.1) is 46.3 Å². The Hall–Kier alpha value is -5.03. The van der Waals surface area contributed by atoms with Crippen LogP contribution in [0, 0.1) is 0 Å². The maximum Gasteiger partial charge on any atom is 0.0890 e. The highest BCUT2D eigenvalue weighted by Gasteiger charge is 2.32. The number of hydrogen-bond donors (Lipinski definition) is 0. The second kappa shape index (κ2) is 10.6. The standard InChI is InChI=1S/C35H29N5/c1-5-14-26(15-6-1)34-24-32(37-39(34)28-18-9-3-10-19-28)30-22-13-23-31(36-30)33-25-35(27-16-7-2-8-17-27)40(38-33)29-20-11-4-12-21-29/h1-23,34-35H,24-25H2. The summed E-state index contributed by atoms with van der Waals surface area (Å²) >= 11 is 0. The van der Waals surface area contributed by atoms with Gasteiger partial charge in [-0.05, 0) is 47.5 Å². The zero-order valence-corrected chi connectivity index (χ0v) is 22.1. The number of aromatic nitrogens is 1. The molecule has 3 heterocycles. The first-order valence-electron chi connectivity index (χ1n) is 13.7. The maximum absolute atomic E-state index is 5.13. The van der Waals surface area contributed by atoms with Crippen molar-refractivity contribution in [3.8, 4) is 0 Å². The van der Waals surface area contributed by atoms with Crippen molar-refractivity contribution in [2.24, 2.45) is 10.2 Å². The van der Waals surface area contributed by atoms with E-state index in [1.54, 1.807) is 0 Å². The minimum absolute atomic E-state index is 0.115. The third-order valence-electron chi connectivity index (χ3n) is 7.57. The van der Waals surface area contributed by atoms with Crippen molar-refractivity contribution in [1.29, 1.82) is 0 Å². The minimum Gasteiger partial charge on any atom is -0.257 e. The van der Waals surface area contributed by atoms with E-state index in [0.29, 0.717) is 0 Å². The molecule has 5 nitrogen and oxygen atoms in total. The number of hydrogen-bond acceptors (Lipinski definition) is 5. The van der Waals surface area contributed by atoms with Crippen LogP contribution in [0.2, 0.25) is 0 Å². The lowest BCUT2D eigenvalue weighted by Gasteiger charge is -2.23. The molecule has 0 bridgehead atoms. The molecule has 0 saturated heterocycles. The van der Waals surface area contributed by atoms with Gasteiger partial charge in [-0.3, -0.25) is 10.0 Å². The van der Waals surface area contributed by atoms with Crippen LogP contribution in [-0.4, -0.2) is 16.4 Å². The first kappa shape index (κ1) is 24.0. The van der Waals surface area contributed by atoms with Crippen molar-refractivity contribution < 1.29 is 0 Å². The van der Waals surface area contributed by atoms with Gasteiger partial charge in [0.25, 0.3) is 0 Å². The van der Waals surface area contributed by atoms with E-state index in [0.717, 1.165) is 47.0 Å². The molecule has 4 aromatic carbocycles. The van der Waals surface area contributed by atoms with Crippen LogP contribution in [0.3, 0.4) is 0 Å². The average Bonchev–Trinajstić information content (AvgIpc) is 3.69. The summed E-state index contributed by atoms with van der Waals surface area (Å²) in [5.41, 5.74) is 8.40. The van der Waals surface area contributed by atoms with Crippen LogP contribution in [0.5, 0.6) is 0 Å². The summed E-state index contributed by atoms with van der Waals surface area (Å²) in [4.78, 5) is 5.13. The van der Waals surface area contributed by atoms with E-state index in [1.807, 2.05) is 12.1 Å². The van der Waals surface area contributed by atoms with E-state index < -0.39 is 0 Å². The van der Waals surface area contributed by atoms with Crippen molar-refractivity contribution in [2.45, 2.75) is 24.9 Å². The van der Waals surface area contributed by atoms with Gasteiger partial charge >= 0.3 is 0 Å². The van der Waals surface area contributed by atoms with Crippen LogP contribution in [-0.2, 0) is 0 Å². The second-order valence-electron chi connectivity index (χ2n) is 10.1. The van der Waals surface area contributed by atoms with E-state index in [4.69, 9.17) is 15.2 Å². The molecule has 2 aliphatic heterocycles. The fourth-order valence-electron chi connectivity index (χ4n) is 5.59. The smallest absolute Gasteiger partial charge is 0.0890 e. The summed E-state index contributed by atoms with van der Waals surface area (Å²) in [6.45, 7) is 0. The number of benzene rings is 4. The molecule has 0 aliphatic carbocycles. The number of anilines is 2. The van der Waals surface area contributed by atoms with Crippen molar-refractivity contribution in [3.63, 3.8) is 0 Å². The van der Waals surface area contributed by atoms with Crippen LogP contribution < -0.4 is 10.0 Å². The van der Waals surface area contributed by atoms with E-state index in [-0.39, 0.29) is 12.1 Å². The molecule has 0 saturated carbocycles. The highest BCUT2D eigenvalue weighted by molar-refractivity contribution is 6.05. The van der Waals surface area contributed by atoms with Crippen molar-refractivity contribution in [1.82, 2.24) is 4.98 Å². The van der Waals surface area contributed by atoms with Crippen LogP contribution in [0.25, 0.3) is 0 Å². The number of pyridine rings is 1. The number of rotatable bonds is 6. The predicted molar refractivity (Wildman–Crippen MR) is 163 cm³/mol. The lowest BCUT2D eigenvalue weighted by molar-refractivity contribution is 0.708. The molecular weight excluding hydrogens is 490 g/mol. The Morgan fingerprint density at radius 3 is 1.20 bits per heavy atom. The monoisotopic (exact) mass is 519 g/mol. The number of hydrazone groups is 2. The molecule has 5 aromatic rings. The zero-order valence-electron chi connectivity index (χ0n) is 22.1. The fourth-order valence-corrected chi connectivity index (χ4v) is 5.59. The fraction of sp³-hybridized carbons (Fsp3) is 0.114. The molecule has 1 aromatic heterocycles. The van der Waals surface area contributed by atoms with E-state index in [9.17, 15) is 0 Å². The second-order valence-corrected chi connectivity index (χ2v) is 10.1. The first-order valence-corrected chi connectivity index (χ1v) is 13.7. The number of para-hydroxylation sites is 2. The highest BCUT2D eigenvalue weighted by atomic mass is 15.5. The summed E-state index contributed by atoms with van der Waals surface area (Å²) in [5, 5.41) is 14.5. The Morgan fingerprint density at radius 1 is 0.425 bits per heavy atom. The first-order chi connectivity index (χ1) is 19.8. The average molecular weight is 520 g/mol. The quantitative estimate of drug-likeness (QED) is 0.230. The molecule has 2 unspecified atom stereocenters. The molecule has 0 amide bonds. The van der Waals surface area contributed by atoms with Crippen molar-refractivity contribution >= 4 is 22.8 Å². The lowest BCUT2D eigenvalue weighted by Crippen LogP contribution is -2.18. The summed E-state index contributed by atoms with van der Waals surface area (Å²) < 4.78 is 0. The molecular formula is C35H29N5. The van der Waals surface area contributed by atoms with E-state index >= 15 is 0 Å². The summed E-state index contributed by atoms with van der Waals surface area (Å²) in [6, 6.07) is 48.4. The SMILES string of the molecule is c1ccc(C2CC(c3cccc(C4=NN(c5ccccc5)C(c5ccccc5)C4)n3)=NN2c2ccccc2)cc1. The van der Waals surface area contributed by atoms with Crippen LogP contribution >= 0.6 is 0 Å². The third-order valence-corrected chi connectivity index (χ3v) is 7.57. The Morgan fingerprint density at radius 2 is 0.800 bits per heavy atom. The predicted octanol–water partition coefficient (Wildman–Crippen LogP) is 7.79. The zero-order chi connectivity index (χ0) is 26.7. The van der Waals surface area contributed by atoms with Gasteiger partial charge < -0.3 is 0 Å². The molecule has 0 N–H and O–H groups in total. The van der Waals surface area contributed by atoms with Gasteiger partial charge in [0.2, 0.25) is 0 Å². The third kappa shape index (κ3) is 4.67. The molecule has 0 spiro atoms. The van der Waals surface area contributed by atoms with Crippen LogP contribution in [0.4, 0.5) is 11.4 Å². The summed E-state index contributed by atoms with van der Waals surface area (Å²) in [7, 11) is 0. The van der Waals surface area contributed by atoms with Gasteiger partial charge in [0.1, 0.15) is 0 Å². The topological polar surface area (TPSA) is 44.1 Å². The highest BCUT2D eigenvalue weighted by Crippen LogP contribution is 2.38. The van der Waals surface area contributed by atoms with Gasteiger partial charge in [0, 0.05) is 12.8 Å². The van der Waals surface area contributed by atoms with Gasteiger partial charge in [-0.1, -0.05) is 103 Å². The van der Waals surface area contributed by atoms with Crippen LogP contribution in [0.15, 0.2) is 150 Å². The largest absolute Gasteiger partial charge is 0.257 e. The van der Waals surface area contributed by atoms with Gasteiger partial charge in [-0.25, -0.2) is 4.98 Å². The summed E-state index contributed by atoms with van der Waals surface area (Å²) in [6.07, 6.45) is 1.56. The van der Waals surface area contributed by atoms with Crippen molar-refractivity contribution in [2.75, 3.05) is 10.0 Å². The maximum atomic E-state index is 5.13. The number of nitrogens with zero attached hydrogens (tertiary/aromatic N) is 5. The van der Waals surface area contributed by atoms with Gasteiger partial charge in [-0.2, -0.15) is 10.2 Å². The van der Waals surface area contributed by atoms with Gasteiger partial charge in [0.15, 0.2) is 0 Å². The molecule has 0 radical (unpaired) electrons. The Kier molecular flexibility index (Phi) is 6.38. The molecule has 194 valence electrons. The Labute approximate surface area is 234 Å². The molecule has 0 fully saturated rings. The normalized spacial score (nSPS) is 18.5. The van der Waals surface area contributed by atoms with E-state index in [1.165, 1.54) is 11.1 Å². The molecule has 2 aliphatic rings. The molecule has 7 rings (SSSR count). The summed E-state index contributed by atoms with van der Waals surface area (Å²) in [5.74, 6) is 0.